The van der Waals surface area contributed by atoms with Gasteiger partial charge in [-0.05, 0) is 43.4 Å². The van der Waals surface area contributed by atoms with Crippen molar-refractivity contribution in [2.45, 2.75) is 43.0 Å². The molecule has 2 aliphatic rings. The third-order valence-corrected chi connectivity index (χ3v) is 6.65. The van der Waals surface area contributed by atoms with Crippen LogP contribution in [0, 0.1) is 17.2 Å². The molecular formula is C15H19N3O2S. The highest BCUT2D eigenvalue weighted by Crippen LogP contribution is 2.39. The molecule has 1 aliphatic heterocycles. The van der Waals surface area contributed by atoms with Crippen molar-refractivity contribution in [3.05, 3.63) is 23.8 Å². The normalized spacial score (nSPS) is 26.2. The second kappa shape index (κ2) is 5.32. The molecule has 0 radical (unpaired) electrons. The van der Waals surface area contributed by atoms with E-state index in [4.69, 9.17) is 5.73 Å². The number of anilines is 1. The zero-order chi connectivity index (χ0) is 15.0. The maximum Gasteiger partial charge on any atom is 0.244 e. The molecule has 1 saturated carbocycles. The van der Waals surface area contributed by atoms with Crippen LogP contribution in [0.2, 0.25) is 0 Å². The van der Waals surface area contributed by atoms with E-state index in [1.807, 2.05) is 6.07 Å². The Morgan fingerprint density at radius 2 is 2.00 bits per heavy atom. The second-order valence-electron chi connectivity index (χ2n) is 5.88. The molecular weight excluding hydrogens is 286 g/mol. The summed E-state index contributed by atoms with van der Waals surface area (Å²) in [4.78, 5) is 0.0884. The lowest BCUT2D eigenvalue weighted by Gasteiger charge is -2.31. The highest BCUT2D eigenvalue weighted by molar-refractivity contribution is 7.89. The Labute approximate surface area is 125 Å². The molecule has 112 valence electrons. The molecule has 0 amide bonds. The van der Waals surface area contributed by atoms with Crippen LogP contribution in [0.5, 0.6) is 0 Å². The number of hydrogen-bond acceptors (Lipinski definition) is 4. The van der Waals surface area contributed by atoms with Crippen molar-refractivity contribution in [2.24, 2.45) is 5.92 Å². The smallest absolute Gasteiger partial charge is 0.244 e. The van der Waals surface area contributed by atoms with Gasteiger partial charge in [-0.15, -0.1) is 0 Å². The molecule has 2 atom stereocenters. The van der Waals surface area contributed by atoms with Crippen molar-refractivity contribution in [3.8, 4) is 6.07 Å². The summed E-state index contributed by atoms with van der Waals surface area (Å²) in [5, 5.41) is 9.19. The third kappa shape index (κ3) is 2.41. The summed E-state index contributed by atoms with van der Waals surface area (Å²) in [5.74, 6) is 0.479. The van der Waals surface area contributed by atoms with E-state index in [9.17, 15) is 13.7 Å². The molecule has 1 saturated heterocycles. The fourth-order valence-electron chi connectivity index (χ4n) is 3.65. The highest BCUT2D eigenvalue weighted by Gasteiger charge is 2.42. The number of nitrogens with zero attached hydrogens (tertiary/aromatic N) is 2. The molecule has 2 fully saturated rings. The number of nitrogen functional groups attached to an aromatic ring is 1. The minimum Gasteiger partial charge on any atom is -0.399 e. The van der Waals surface area contributed by atoms with Gasteiger partial charge in [0.2, 0.25) is 10.0 Å². The molecule has 2 unspecified atom stereocenters. The van der Waals surface area contributed by atoms with Gasteiger partial charge in [0.15, 0.2) is 0 Å². The third-order valence-electron chi connectivity index (χ3n) is 4.67. The van der Waals surface area contributed by atoms with Crippen LogP contribution in [-0.2, 0) is 10.0 Å². The number of nitrogens with two attached hydrogens (primary N) is 1. The van der Waals surface area contributed by atoms with Crippen LogP contribution in [-0.4, -0.2) is 25.3 Å². The molecule has 0 bridgehead atoms. The van der Waals surface area contributed by atoms with Crippen molar-refractivity contribution in [1.29, 1.82) is 5.26 Å². The molecule has 1 heterocycles. The Morgan fingerprint density at radius 3 is 2.76 bits per heavy atom. The second-order valence-corrected chi connectivity index (χ2v) is 7.74. The first-order valence-electron chi connectivity index (χ1n) is 7.35. The summed E-state index contributed by atoms with van der Waals surface area (Å²) in [7, 11) is -3.61. The van der Waals surface area contributed by atoms with Crippen LogP contribution in [0.4, 0.5) is 5.69 Å². The van der Waals surface area contributed by atoms with Crippen LogP contribution >= 0.6 is 0 Å². The van der Waals surface area contributed by atoms with Gasteiger partial charge < -0.3 is 5.73 Å². The zero-order valence-electron chi connectivity index (χ0n) is 11.8. The zero-order valence-corrected chi connectivity index (χ0v) is 12.6. The molecule has 2 N–H and O–H groups in total. The highest BCUT2D eigenvalue weighted by atomic mass is 32.2. The Morgan fingerprint density at radius 1 is 1.24 bits per heavy atom. The lowest BCUT2D eigenvalue weighted by atomic mass is 9.86. The quantitative estimate of drug-likeness (QED) is 0.848. The summed E-state index contributed by atoms with van der Waals surface area (Å²) in [6.45, 7) is 0.562. The number of sulfonamides is 1. The summed E-state index contributed by atoms with van der Waals surface area (Å²) < 4.78 is 27.4. The average Bonchev–Trinajstić information content (AvgIpc) is 2.91. The van der Waals surface area contributed by atoms with Gasteiger partial charge in [-0.25, -0.2) is 8.42 Å². The number of rotatable bonds is 2. The maximum atomic E-state index is 12.9. The summed E-state index contributed by atoms with van der Waals surface area (Å²) in [6, 6.07) is 6.49. The number of hydrogen-bond donors (Lipinski definition) is 1. The first kappa shape index (κ1) is 14.4. The molecule has 21 heavy (non-hydrogen) atoms. The van der Waals surface area contributed by atoms with Gasteiger partial charge in [0.25, 0.3) is 0 Å². The van der Waals surface area contributed by atoms with Gasteiger partial charge in [0.1, 0.15) is 11.0 Å². The van der Waals surface area contributed by atoms with E-state index in [0.717, 1.165) is 25.7 Å². The molecule has 1 aromatic rings. The molecule has 1 aliphatic carbocycles. The molecule has 5 nitrogen and oxygen atoms in total. The van der Waals surface area contributed by atoms with Crippen molar-refractivity contribution in [3.63, 3.8) is 0 Å². The topological polar surface area (TPSA) is 87.2 Å². The van der Waals surface area contributed by atoms with Crippen LogP contribution in [0.15, 0.2) is 23.1 Å². The lowest BCUT2D eigenvalue weighted by Crippen LogP contribution is -2.39. The van der Waals surface area contributed by atoms with Crippen molar-refractivity contribution in [1.82, 2.24) is 4.31 Å². The predicted molar refractivity (Wildman–Crippen MR) is 79.8 cm³/mol. The SMILES string of the molecule is N#Cc1cc(N)ccc1S(=O)(=O)N1CCC2CCCCC21. The van der Waals surface area contributed by atoms with E-state index in [-0.39, 0.29) is 16.5 Å². The van der Waals surface area contributed by atoms with Gasteiger partial charge in [-0.3, -0.25) is 0 Å². The standard InChI is InChI=1S/C15H19N3O2S/c16-10-12-9-13(17)5-6-15(12)21(19,20)18-8-7-11-3-1-2-4-14(11)18/h5-6,9,11,14H,1-4,7-8,17H2. The summed E-state index contributed by atoms with van der Waals surface area (Å²) in [6.07, 6.45) is 5.26. The Bertz CT molecular complexity index is 693. The molecule has 0 aromatic heterocycles. The fourth-order valence-corrected chi connectivity index (χ4v) is 5.50. The largest absolute Gasteiger partial charge is 0.399 e. The van der Waals surface area contributed by atoms with E-state index in [1.54, 1.807) is 10.4 Å². The molecule has 6 heteroatoms. The number of fused-ring (bicyclic) bond motifs is 1. The van der Waals surface area contributed by atoms with Crippen LogP contribution in [0.25, 0.3) is 0 Å². The van der Waals surface area contributed by atoms with E-state index in [1.165, 1.54) is 18.6 Å². The first-order chi connectivity index (χ1) is 10.0. The predicted octanol–water partition coefficient (Wildman–Crippen LogP) is 2.09. The van der Waals surface area contributed by atoms with Crippen molar-refractivity contribution >= 4 is 15.7 Å². The van der Waals surface area contributed by atoms with Crippen LogP contribution in [0.1, 0.15) is 37.7 Å². The van der Waals surface area contributed by atoms with Crippen molar-refractivity contribution < 1.29 is 8.42 Å². The Balaban J connectivity index is 2.00. The fraction of sp³-hybridized carbons (Fsp3) is 0.533. The van der Waals surface area contributed by atoms with Gasteiger partial charge in [0, 0.05) is 18.3 Å². The maximum absolute atomic E-state index is 12.9. The van der Waals surface area contributed by atoms with Crippen LogP contribution in [0.3, 0.4) is 0 Å². The summed E-state index contributed by atoms with van der Waals surface area (Å²) in [5.41, 5.74) is 6.19. The molecule has 0 spiro atoms. The van der Waals surface area contributed by atoms with Crippen LogP contribution < -0.4 is 5.73 Å². The number of benzene rings is 1. The Kier molecular flexibility index (Phi) is 3.64. The first-order valence-corrected chi connectivity index (χ1v) is 8.79. The van der Waals surface area contributed by atoms with Gasteiger partial charge >= 0.3 is 0 Å². The van der Waals surface area contributed by atoms with Crippen molar-refractivity contribution in [2.75, 3.05) is 12.3 Å². The lowest BCUT2D eigenvalue weighted by molar-refractivity contribution is 0.260. The van der Waals surface area contributed by atoms with E-state index < -0.39 is 10.0 Å². The summed E-state index contributed by atoms with van der Waals surface area (Å²) >= 11 is 0. The van der Waals surface area contributed by atoms with Gasteiger partial charge in [-0.1, -0.05) is 12.8 Å². The molecule has 3 rings (SSSR count). The minimum atomic E-state index is -3.61. The van der Waals surface area contributed by atoms with Gasteiger partial charge in [-0.2, -0.15) is 9.57 Å². The molecule has 1 aromatic carbocycles. The van der Waals surface area contributed by atoms with E-state index >= 15 is 0 Å². The number of nitriles is 1. The average molecular weight is 305 g/mol. The van der Waals surface area contributed by atoms with E-state index in [2.05, 4.69) is 0 Å². The van der Waals surface area contributed by atoms with Gasteiger partial charge in [0.05, 0.1) is 5.56 Å². The van der Waals surface area contributed by atoms with E-state index in [0.29, 0.717) is 18.2 Å². The minimum absolute atomic E-state index is 0.0884. The monoisotopic (exact) mass is 305 g/mol. The Hall–Kier alpha value is -1.58.